The molecule has 1 unspecified atom stereocenters. The van der Waals surface area contributed by atoms with Crippen LogP contribution in [0.25, 0.3) is 0 Å². The third kappa shape index (κ3) is 1.85. The van der Waals surface area contributed by atoms with Gasteiger partial charge in [-0.05, 0) is 32.2 Å². The highest BCUT2D eigenvalue weighted by atomic mass is 16.2. The Balaban J connectivity index is 1.84. The molecule has 2 N–H and O–H groups in total. The molecule has 13 heavy (non-hydrogen) atoms. The van der Waals surface area contributed by atoms with Crippen molar-refractivity contribution in [3.8, 4) is 0 Å². The van der Waals surface area contributed by atoms with Crippen LogP contribution in [0.5, 0.6) is 0 Å². The van der Waals surface area contributed by atoms with Crippen LogP contribution in [0.2, 0.25) is 0 Å². The molecular formula is C10H18N2O. The van der Waals surface area contributed by atoms with E-state index in [9.17, 15) is 4.79 Å². The lowest BCUT2D eigenvalue weighted by Crippen LogP contribution is -2.40. The van der Waals surface area contributed by atoms with Crippen LogP contribution < -0.4 is 10.6 Å². The van der Waals surface area contributed by atoms with Crippen molar-refractivity contribution in [1.29, 1.82) is 0 Å². The van der Waals surface area contributed by atoms with E-state index in [1.807, 2.05) is 0 Å². The highest BCUT2D eigenvalue weighted by Crippen LogP contribution is 2.38. The summed E-state index contributed by atoms with van der Waals surface area (Å²) >= 11 is 0. The van der Waals surface area contributed by atoms with Crippen molar-refractivity contribution in [1.82, 2.24) is 10.6 Å². The van der Waals surface area contributed by atoms with Gasteiger partial charge < -0.3 is 10.6 Å². The predicted molar refractivity (Wildman–Crippen MR) is 51.4 cm³/mol. The lowest BCUT2D eigenvalue weighted by molar-refractivity contribution is -0.125. The number of hydrogen-bond donors (Lipinski definition) is 2. The first-order valence-electron chi connectivity index (χ1n) is 5.28. The smallest absolute Gasteiger partial charge is 0.224 e. The van der Waals surface area contributed by atoms with Gasteiger partial charge in [0.25, 0.3) is 0 Å². The van der Waals surface area contributed by atoms with E-state index < -0.39 is 0 Å². The molecule has 0 bridgehead atoms. The number of carbonyl (C=O) groups is 1. The summed E-state index contributed by atoms with van der Waals surface area (Å²) in [4.78, 5) is 11.7. The molecule has 0 aromatic carbocycles. The summed E-state index contributed by atoms with van der Waals surface area (Å²) in [5, 5.41) is 6.40. The van der Waals surface area contributed by atoms with E-state index >= 15 is 0 Å². The number of rotatable bonds is 3. The van der Waals surface area contributed by atoms with Crippen LogP contribution in [0, 0.1) is 5.92 Å². The topological polar surface area (TPSA) is 41.1 Å². The third-order valence-corrected chi connectivity index (χ3v) is 3.35. The Morgan fingerprint density at radius 2 is 2.38 bits per heavy atom. The van der Waals surface area contributed by atoms with Gasteiger partial charge in [-0.1, -0.05) is 6.92 Å². The van der Waals surface area contributed by atoms with Crippen molar-refractivity contribution in [3.05, 3.63) is 0 Å². The molecule has 1 atom stereocenters. The Hall–Kier alpha value is -0.570. The Labute approximate surface area is 79.3 Å². The molecule has 1 heterocycles. The molecule has 0 radical (unpaired) electrons. The van der Waals surface area contributed by atoms with Crippen LogP contribution in [-0.2, 0) is 4.79 Å². The third-order valence-electron chi connectivity index (χ3n) is 3.35. The van der Waals surface area contributed by atoms with Gasteiger partial charge >= 0.3 is 0 Å². The standard InChI is InChI=1S/C10H18N2O/c1-2-10(4-5-10)12-9(13)8-3-6-11-7-8/h8,11H,2-7H2,1H3,(H,12,13). The fraction of sp³-hybridized carbons (Fsp3) is 0.900. The van der Waals surface area contributed by atoms with Gasteiger partial charge in [-0.25, -0.2) is 0 Å². The zero-order valence-corrected chi connectivity index (χ0v) is 8.23. The van der Waals surface area contributed by atoms with Crippen molar-refractivity contribution in [2.45, 2.75) is 38.1 Å². The molecule has 2 fully saturated rings. The maximum Gasteiger partial charge on any atom is 0.224 e. The van der Waals surface area contributed by atoms with E-state index in [0.29, 0.717) is 0 Å². The molecule has 3 nitrogen and oxygen atoms in total. The highest BCUT2D eigenvalue weighted by Gasteiger charge is 2.43. The van der Waals surface area contributed by atoms with Crippen molar-refractivity contribution in [2.75, 3.05) is 13.1 Å². The van der Waals surface area contributed by atoms with Crippen LogP contribution in [0.15, 0.2) is 0 Å². The second kappa shape index (κ2) is 3.29. The molecule has 1 amide bonds. The lowest BCUT2D eigenvalue weighted by Gasteiger charge is -2.17. The molecular weight excluding hydrogens is 164 g/mol. The second-order valence-corrected chi connectivity index (χ2v) is 4.31. The van der Waals surface area contributed by atoms with Gasteiger partial charge in [0.2, 0.25) is 5.91 Å². The van der Waals surface area contributed by atoms with Crippen molar-refractivity contribution >= 4 is 5.91 Å². The van der Waals surface area contributed by atoms with Crippen LogP contribution in [0.3, 0.4) is 0 Å². The van der Waals surface area contributed by atoms with Crippen molar-refractivity contribution in [2.24, 2.45) is 5.92 Å². The van der Waals surface area contributed by atoms with Crippen LogP contribution in [0.4, 0.5) is 0 Å². The van der Waals surface area contributed by atoms with Crippen LogP contribution in [-0.4, -0.2) is 24.5 Å². The summed E-state index contributed by atoms with van der Waals surface area (Å²) in [6.07, 6.45) is 4.44. The maximum atomic E-state index is 11.7. The van der Waals surface area contributed by atoms with Gasteiger partial charge in [0.05, 0.1) is 5.92 Å². The maximum absolute atomic E-state index is 11.7. The fourth-order valence-corrected chi connectivity index (χ4v) is 1.96. The van der Waals surface area contributed by atoms with E-state index in [4.69, 9.17) is 0 Å². The van der Waals surface area contributed by atoms with E-state index in [1.54, 1.807) is 0 Å². The quantitative estimate of drug-likeness (QED) is 0.673. The van der Waals surface area contributed by atoms with E-state index in [2.05, 4.69) is 17.6 Å². The average Bonchev–Trinajstić information content (AvgIpc) is 2.69. The molecule has 3 heteroatoms. The minimum Gasteiger partial charge on any atom is -0.350 e. The van der Waals surface area contributed by atoms with Gasteiger partial charge in [0, 0.05) is 12.1 Å². The Bertz CT molecular complexity index is 205. The molecule has 0 spiro atoms. The minimum atomic E-state index is 0.194. The van der Waals surface area contributed by atoms with Crippen LogP contribution in [0.1, 0.15) is 32.6 Å². The SMILES string of the molecule is CCC1(NC(=O)C2CCNC2)CC1. The molecule has 1 aliphatic carbocycles. The summed E-state index contributed by atoms with van der Waals surface area (Å²) in [5.74, 6) is 0.494. The van der Waals surface area contributed by atoms with E-state index in [-0.39, 0.29) is 17.4 Å². The number of carbonyl (C=O) groups excluding carboxylic acids is 1. The number of amides is 1. The zero-order chi connectivity index (χ0) is 9.31. The Morgan fingerprint density at radius 3 is 2.85 bits per heavy atom. The normalized spacial score (nSPS) is 30.1. The Kier molecular flexibility index (Phi) is 2.28. The van der Waals surface area contributed by atoms with Gasteiger partial charge in [0.1, 0.15) is 0 Å². The van der Waals surface area contributed by atoms with Gasteiger partial charge in [-0.3, -0.25) is 4.79 Å². The lowest BCUT2D eigenvalue weighted by atomic mass is 10.1. The van der Waals surface area contributed by atoms with Gasteiger partial charge in [-0.2, -0.15) is 0 Å². The van der Waals surface area contributed by atoms with E-state index in [0.717, 1.165) is 25.9 Å². The first kappa shape index (κ1) is 9.00. The fourth-order valence-electron chi connectivity index (χ4n) is 1.96. The predicted octanol–water partition coefficient (Wildman–Crippen LogP) is 0.655. The van der Waals surface area contributed by atoms with Gasteiger partial charge in [-0.15, -0.1) is 0 Å². The monoisotopic (exact) mass is 182 g/mol. The highest BCUT2D eigenvalue weighted by molar-refractivity contribution is 5.80. The molecule has 2 aliphatic rings. The van der Waals surface area contributed by atoms with Crippen LogP contribution >= 0.6 is 0 Å². The molecule has 1 saturated carbocycles. The summed E-state index contributed by atoms with van der Waals surface area (Å²) in [6.45, 7) is 4.02. The van der Waals surface area contributed by atoms with Crippen molar-refractivity contribution in [3.63, 3.8) is 0 Å². The molecule has 0 aromatic rings. The van der Waals surface area contributed by atoms with E-state index in [1.165, 1.54) is 12.8 Å². The molecule has 0 aromatic heterocycles. The zero-order valence-electron chi connectivity index (χ0n) is 8.23. The number of nitrogens with one attached hydrogen (secondary N) is 2. The molecule has 2 rings (SSSR count). The average molecular weight is 182 g/mol. The van der Waals surface area contributed by atoms with Crippen molar-refractivity contribution < 1.29 is 4.79 Å². The molecule has 1 saturated heterocycles. The Morgan fingerprint density at radius 1 is 1.62 bits per heavy atom. The summed E-state index contributed by atoms with van der Waals surface area (Å²) in [6, 6.07) is 0. The summed E-state index contributed by atoms with van der Waals surface area (Å²) in [5.41, 5.74) is 0.194. The molecule has 74 valence electrons. The number of hydrogen-bond acceptors (Lipinski definition) is 2. The largest absolute Gasteiger partial charge is 0.350 e. The summed E-state index contributed by atoms with van der Waals surface area (Å²) < 4.78 is 0. The van der Waals surface area contributed by atoms with Gasteiger partial charge in [0.15, 0.2) is 0 Å². The molecule has 1 aliphatic heterocycles. The minimum absolute atomic E-state index is 0.194. The first-order chi connectivity index (χ1) is 6.26. The second-order valence-electron chi connectivity index (χ2n) is 4.31. The first-order valence-corrected chi connectivity index (χ1v) is 5.28. The summed E-state index contributed by atoms with van der Waals surface area (Å²) in [7, 11) is 0.